The van der Waals surface area contributed by atoms with Gasteiger partial charge in [-0.1, -0.05) is 20.3 Å². The summed E-state index contributed by atoms with van der Waals surface area (Å²) >= 11 is 0. The maximum Gasteiger partial charge on any atom is 0.0102 e. The van der Waals surface area contributed by atoms with Crippen LogP contribution in [0.3, 0.4) is 0 Å². The van der Waals surface area contributed by atoms with Crippen LogP contribution in [0.5, 0.6) is 0 Å². The van der Waals surface area contributed by atoms with E-state index in [9.17, 15) is 0 Å². The van der Waals surface area contributed by atoms with E-state index in [4.69, 9.17) is 0 Å². The minimum atomic E-state index is 0.564. The lowest BCUT2D eigenvalue weighted by atomic mass is 9.66. The maximum absolute atomic E-state index is 2.82. The van der Waals surface area contributed by atoms with Crippen LogP contribution in [-0.4, -0.2) is 48.1 Å². The molecule has 2 saturated heterocycles. The van der Waals surface area contributed by atoms with Crippen LogP contribution in [0.25, 0.3) is 0 Å². The van der Waals surface area contributed by atoms with Crippen molar-refractivity contribution in [3.05, 3.63) is 0 Å². The highest BCUT2D eigenvalue weighted by Crippen LogP contribution is 2.47. The predicted molar refractivity (Wildman–Crippen MR) is 81.4 cm³/mol. The van der Waals surface area contributed by atoms with Crippen LogP contribution >= 0.6 is 0 Å². The highest BCUT2D eigenvalue weighted by molar-refractivity contribution is 5.02. The molecular weight excluding hydrogens is 232 g/mol. The minimum absolute atomic E-state index is 0.564. The molecular formula is C17H32N2. The zero-order valence-electron chi connectivity index (χ0n) is 13.4. The summed E-state index contributed by atoms with van der Waals surface area (Å²) in [6.45, 7) is 15.0. The van der Waals surface area contributed by atoms with Crippen molar-refractivity contribution in [3.8, 4) is 0 Å². The van der Waals surface area contributed by atoms with Crippen molar-refractivity contribution in [1.82, 2.24) is 9.80 Å². The molecule has 2 heterocycles. The molecule has 3 rings (SSSR count). The van der Waals surface area contributed by atoms with Gasteiger partial charge in [0.05, 0.1) is 0 Å². The summed E-state index contributed by atoms with van der Waals surface area (Å²) < 4.78 is 0. The zero-order chi connectivity index (χ0) is 13.7. The number of nitrogens with zero attached hydrogens (tertiary/aromatic N) is 2. The monoisotopic (exact) mass is 264 g/mol. The van der Waals surface area contributed by atoms with Crippen molar-refractivity contribution >= 4 is 0 Å². The van der Waals surface area contributed by atoms with E-state index < -0.39 is 0 Å². The van der Waals surface area contributed by atoms with Gasteiger partial charge in [0.25, 0.3) is 0 Å². The fourth-order valence-electron chi connectivity index (χ4n) is 4.66. The average Bonchev–Trinajstić information content (AvgIpc) is 2.66. The Labute approximate surface area is 119 Å². The van der Waals surface area contributed by atoms with Crippen molar-refractivity contribution in [2.45, 2.75) is 71.9 Å². The lowest BCUT2D eigenvalue weighted by Crippen LogP contribution is -2.61. The van der Waals surface area contributed by atoms with Gasteiger partial charge in [-0.05, 0) is 56.9 Å². The van der Waals surface area contributed by atoms with Crippen LogP contribution in [0.1, 0.15) is 59.8 Å². The number of hydrogen-bond acceptors (Lipinski definition) is 2. The largest absolute Gasteiger partial charge is 0.300 e. The van der Waals surface area contributed by atoms with Gasteiger partial charge in [-0.25, -0.2) is 0 Å². The number of rotatable bonds is 2. The van der Waals surface area contributed by atoms with Crippen molar-refractivity contribution in [3.63, 3.8) is 0 Å². The van der Waals surface area contributed by atoms with Crippen LogP contribution in [0, 0.1) is 10.8 Å². The molecule has 19 heavy (non-hydrogen) atoms. The second-order valence-corrected chi connectivity index (χ2v) is 8.63. The highest BCUT2D eigenvalue weighted by atomic mass is 15.2. The van der Waals surface area contributed by atoms with E-state index in [0.717, 1.165) is 12.1 Å². The Balaban J connectivity index is 1.58. The second-order valence-electron chi connectivity index (χ2n) is 8.63. The Morgan fingerprint density at radius 2 is 1.79 bits per heavy atom. The molecule has 0 aromatic heterocycles. The Bertz CT molecular complexity index is 328. The van der Waals surface area contributed by atoms with Gasteiger partial charge in [0.1, 0.15) is 0 Å². The summed E-state index contributed by atoms with van der Waals surface area (Å²) in [4.78, 5) is 5.48. The third-order valence-electron chi connectivity index (χ3n) is 5.94. The molecule has 1 atom stereocenters. The van der Waals surface area contributed by atoms with E-state index in [0.29, 0.717) is 10.8 Å². The molecule has 0 amide bonds. The first kappa shape index (κ1) is 13.9. The molecule has 2 aliphatic heterocycles. The van der Waals surface area contributed by atoms with E-state index >= 15 is 0 Å². The van der Waals surface area contributed by atoms with E-state index in [2.05, 4.69) is 37.5 Å². The molecule has 0 bridgehead atoms. The van der Waals surface area contributed by atoms with Crippen LogP contribution in [0.2, 0.25) is 0 Å². The minimum Gasteiger partial charge on any atom is -0.300 e. The number of hydrogen-bond donors (Lipinski definition) is 0. The summed E-state index contributed by atoms with van der Waals surface area (Å²) in [5.74, 6) is 0. The first-order valence-electron chi connectivity index (χ1n) is 8.37. The lowest BCUT2D eigenvalue weighted by molar-refractivity contribution is -0.0672. The van der Waals surface area contributed by atoms with Gasteiger partial charge in [-0.15, -0.1) is 0 Å². The molecule has 0 aromatic rings. The van der Waals surface area contributed by atoms with Gasteiger partial charge in [-0.3, -0.25) is 9.80 Å². The molecule has 1 saturated carbocycles. The summed E-state index contributed by atoms with van der Waals surface area (Å²) in [7, 11) is 0. The fourth-order valence-corrected chi connectivity index (χ4v) is 4.66. The molecule has 110 valence electrons. The van der Waals surface area contributed by atoms with Crippen molar-refractivity contribution in [2.24, 2.45) is 10.8 Å². The standard InChI is InChI=1S/C17H32N2/c1-14(2)19-12-17(13-19)7-5-6-15(10-17)18-9-8-16(3,4)11-18/h14-15H,5-13H2,1-4H3. The third-order valence-corrected chi connectivity index (χ3v) is 5.94. The Kier molecular flexibility index (Phi) is 3.46. The normalized spacial score (nSPS) is 34.9. The van der Waals surface area contributed by atoms with E-state index in [1.54, 1.807) is 0 Å². The zero-order valence-corrected chi connectivity index (χ0v) is 13.4. The SMILES string of the molecule is CC(C)N1CC2(CCCC(N3CCC(C)(C)C3)C2)C1. The molecule has 0 radical (unpaired) electrons. The van der Waals surface area contributed by atoms with Gasteiger partial charge < -0.3 is 0 Å². The molecule has 3 aliphatic rings. The Hall–Kier alpha value is -0.0800. The van der Waals surface area contributed by atoms with Gasteiger partial charge in [-0.2, -0.15) is 0 Å². The lowest BCUT2D eigenvalue weighted by Gasteiger charge is -2.56. The van der Waals surface area contributed by atoms with Crippen LogP contribution < -0.4 is 0 Å². The molecule has 1 spiro atoms. The van der Waals surface area contributed by atoms with Crippen LogP contribution in [0.4, 0.5) is 0 Å². The molecule has 3 fully saturated rings. The molecule has 1 aliphatic carbocycles. The van der Waals surface area contributed by atoms with E-state index in [1.807, 2.05) is 0 Å². The Morgan fingerprint density at radius 3 is 2.37 bits per heavy atom. The highest BCUT2D eigenvalue weighted by Gasteiger charge is 2.48. The second kappa shape index (κ2) is 4.73. The summed E-state index contributed by atoms with van der Waals surface area (Å²) in [5.41, 5.74) is 1.26. The maximum atomic E-state index is 2.82. The first-order valence-corrected chi connectivity index (χ1v) is 8.37. The summed E-state index contributed by atoms with van der Waals surface area (Å²) in [6.07, 6.45) is 7.29. The third kappa shape index (κ3) is 2.71. The fraction of sp³-hybridized carbons (Fsp3) is 1.00. The average molecular weight is 264 g/mol. The van der Waals surface area contributed by atoms with Crippen molar-refractivity contribution in [1.29, 1.82) is 0 Å². The summed E-state index contributed by atoms with van der Waals surface area (Å²) in [6, 6.07) is 1.64. The van der Waals surface area contributed by atoms with Crippen LogP contribution in [-0.2, 0) is 0 Å². The molecule has 1 unspecified atom stereocenters. The van der Waals surface area contributed by atoms with Gasteiger partial charge in [0.2, 0.25) is 0 Å². The van der Waals surface area contributed by atoms with Gasteiger partial charge >= 0.3 is 0 Å². The van der Waals surface area contributed by atoms with Crippen LogP contribution in [0.15, 0.2) is 0 Å². The topological polar surface area (TPSA) is 6.48 Å². The van der Waals surface area contributed by atoms with E-state index in [-0.39, 0.29) is 0 Å². The Morgan fingerprint density at radius 1 is 1.05 bits per heavy atom. The molecule has 0 N–H and O–H groups in total. The van der Waals surface area contributed by atoms with E-state index in [1.165, 1.54) is 58.3 Å². The first-order chi connectivity index (χ1) is 8.89. The smallest absolute Gasteiger partial charge is 0.0102 e. The van der Waals surface area contributed by atoms with Gasteiger partial charge in [0.15, 0.2) is 0 Å². The molecule has 2 heteroatoms. The number of likely N-dealkylation sites (tertiary alicyclic amines) is 2. The van der Waals surface area contributed by atoms with Gasteiger partial charge in [0, 0.05) is 31.7 Å². The quantitative estimate of drug-likeness (QED) is 0.754. The summed E-state index contributed by atoms with van der Waals surface area (Å²) in [5, 5.41) is 0. The predicted octanol–water partition coefficient (Wildman–Crippen LogP) is 3.37. The van der Waals surface area contributed by atoms with Crippen molar-refractivity contribution < 1.29 is 0 Å². The van der Waals surface area contributed by atoms with Crippen molar-refractivity contribution in [2.75, 3.05) is 26.2 Å². The molecule has 2 nitrogen and oxygen atoms in total. The molecule has 0 aromatic carbocycles.